The Morgan fingerprint density at radius 2 is 0.615 bits per heavy atom. The van der Waals surface area contributed by atoms with Crippen LogP contribution in [0.1, 0.15) is 0 Å². The van der Waals surface area contributed by atoms with E-state index in [1.165, 1.54) is 0 Å². The second kappa shape index (κ2) is 11.2. The van der Waals surface area contributed by atoms with Crippen molar-refractivity contribution in [3.05, 3.63) is 176 Å². The third-order valence-corrected chi connectivity index (χ3v) is 10.3. The van der Waals surface area contributed by atoms with E-state index in [2.05, 4.69) is 144 Å². The summed E-state index contributed by atoms with van der Waals surface area (Å²) in [4.78, 5) is 2.31. The molecule has 52 heavy (non-hydrogen) atoms. The third-order valence-electron chi connectivity index (χ3n) is 10.3. The maximum absolute atomic E-state index is 6.21. The summed E-state index contributed by atoms with van der Waals surface area (Å²) in [5.41, 5.74) is 13.0. The summed E-state index contributed by atoms with van der Waals surface area (Å²) in [6.07, 6.45) is 0. The average molecular weight is 668 g/mol. The van der Waals surface area contributed by atoms with Gasteiger partial charge in [-0.1, -0.05) is 91.0 Å². The minimum atomic E-state index is 0.873. The minimum Gasteiger partial charge on any atom is -0.456 e. The molecule has 0 atom stereocenters. The van der Waals surface area contributed by atoms with Crippen molar-refractivity contribution in [3.8, 4) is 22.3 Å². The van der Waals surface area contributed by atoms with Crippen LogP contribution in [0, 0.1) is 0 Å². The summed E-state index contributed by atoms with van der Waals surface area (Å²) in [5, 5.41) is 6.73. The van der Waals surface area contributed by atoms with Crippen LogP contribution in [0.3, 0.4) is 0 Å². The van der Waals surface area contributed by atoms with Gasteiger partial charge < -0.3 is 18.2 Å². The van der Waals surface area contributed by atoms with Crippen molar-refractivity contribution in [3.63, 3.8) is 0 Å². The summed E-state index contributed by atoms with van der Waals surface area (Å²) in [6.45, 7) is 0. The molecule has 0 bridgehead atoms. The summed E-state index contributed by atoms with van der Waals surface area (Å²) in [7, 11) is 0. The first kappa shape index (κ1) is 28.8. The van der Waals surface area contributed by atoms with E-state index in [9.17, 15) is 0 Å². The molecular formula is C48H29NO3. The minimum absolute atomic E-state index is 0.873. The monoisotopic (exact) mass is 667 g/mol. The zero-order chi connectivity index (χ0) is 34.2. The number of hydrogen-bond acceptors (Lipinski definition) is 4. The lowest BCUT2D eigenvalue weighted by Crippen LogP contribution is -2.09. The van der Waals surface area contributed by atoms with E-state index >= 15 is 0 Å². The number of para-hydroxylation sites is 3. The summed E-state index contributed by atoms with van der Waals surface area (Å²) >= 11 is 0. The maximum Gasteiger partial charge on any atom is 0.136 e. The van der Waals surface area contributed by atoms with Gasteiger partial charge in [0.2, 0.25) is 0 Å². The molecule has 0 amide bonds. The Labute approximate surface area is 298 Å². The van der Waals surface area contributed by atoms with Gasteiger partial charge in [-0.15, -0.1) is 0 Å². The van der Waals surface area contributed by atoms with Crippen molar-refractivity contribution < 1.29 is 13.3 Å². The summed E-state index contributed by atoms with van der Waals surface area (Å²) in [6, 6.07) is 61.5. The summed E-state index contributed by atoms with van der Waals surface area (Å²) < 4.78 is 18.6. The van der Waals surface area contributed by atoms with Gasteiger partial charge in [0, 0.05) is 49.4 Å². The van der Waals surface area contributed by atoms with E-state index in [1.54, 1.807) is 0 Å². The predicted octanol–water partition coefficient (Wildman–Crippen LogP) is 14.2. The first-order valence-electron chi connectivity index (χ1n) is 17.5. The van der Waals surface area contributed by atoms with Gasteiger partial charge in [0.25, 0.3) is 0 Å². The van der Waals surface area contributed by atoms with Crippen LogP contribution in [-0.2, 0) is 0 Å². The molecule has 0 aliphatic rings. The summed E-state index contributed by atoms with van der Waals surface area (Å²) in [5.74, 6) is 0. The van der Waals surface area contributed by atoms with E-state index < -0.39 is 0 Å². The number of anilines is 3. The predicted molar refractivity (Wildman–Crippen MR) is 214 cm³/mol. The number of rotatable bonds is 5. The molecular weight excluding hydrogens is 639 g/mol. The molecule has 0 fully saturated rings. The van der Waals surface area contributed by atoms with Gasteiger partial charge in [-0.2, -0.15) is 0 Å². The highest BCUT2D eigenvalue weighted by Crippen LogP contribution is 2.41. The Hall–Kier alpha value is -7.04. The molecule has 0 saturated heterocycles. The van der Waals surface area contributed by atoms with Crippen molar-refractivity contribution >= 4 is 82.9 Å². The fourth-order valence-electron chi connectivity index (χ4n) is 7.72. The van der Waals surface area contributed by atoms with Crippen molar-refractivity contribution in [1.29, 1.82) is 0 Å². The fourth-order valence-corrected chi connectivity index (χ4v) is 7.72. The first-order chi connectivity index (χ1) is 25.7. The van der Waals surface area contributed by atoms with Gasteiger partial charge in [-0.05, 0) is 107 Å². The van der Waals surface area contributed by atoms with Crippen LogP contribution < -0.4 is 4.90 Å². The Morgan fingerprint density at radius 3 is 1.12 bits per heavy atom. The quantitative estimate of drug-likeness (QED) is 0.183. The molecule has 4 nitrogen and oxygen atoms in total. The molecule has 11 rings (SSSR count). The Balaban J connectivity index is 0.998. The van der Waals surface area contributed by atoms with Gasteiger partial charge in [-0.25, -0.2) is 0 Å². The smallest absolute Gasteiger partial charge is 0.136 e. The number of benzene rings is 8. The number of hydrogen-bond donors (Lipinski definition) is 0. The second-order valence-electron chi connectivity index (χ2n) is 13.3. The highest BCUT2D eigenvalue weighted by molar-refractivity contribution is 6.08. The van der Waals surface area contributed by atoms with E-state index in [1.807, 2.05) is 36.4 Å². The zero-order valence-electron chi connectivity index (χ0n) is 27.9. The first-order valence-corrected chi connectivity index (χ1v) is 17.5. The molecule has 3 aromatic heterocycles. The molecule has 0 radical (unpaired) electrons. The Bertz CT molecular complexity index is 2970. The molecule has 0 unspecified atom stereocenters. The highest BCUT2D eigenvalue weighted by atomic mass is 16.3. The molecule has 0 N–H and O–H groups in total. The Morgan fingerprint density at radius 1 is 0.250 bits per heavy atom. The maximum atomic E-state index is 6.21. The molecule has 11 aromatic rings. The van der Waals surface area contributed by atoms with Crippen LogP contribution in [0.2, 0.25) is 0 Å². The van der Waals surface area contributed by atoms with Crippen LogP contribution in [0.4, 0.5) is 17.1 Å². The van der Waals surface area contributed by atoms with Gasteiger partial charge in [-0.3, -0.25) is 0 Å². The van der Waals surface area contributed by atoms with E-state index in [4.69, 9.17) is 13.3 Å². The lowest BCUT2D eigenvalue weighted by molar-refractivity contribution is 0.668. The van der Waals surface area contributed by atoms with Crippen molar-refractivity contribution in [2.24, 2.45) is 0 Å². The lowest BCUT2D eigenvalue weighted by atomic mass is 10.0. The molecule has 3 heterocycles. The van der Waals surface area contributed by atoms with E-state index in [-0.39, 0.29) is 0 Å². The van der Waals surface area contributed by atoms with E-state index in [0.29, 0.717) is 0 Å². The molecule has 0 spiro atoms. The molecule has 4 heteroatoms. The zero-order valence-corrected chi connectivity index (χ0v) is 27.9. The number of fused-ring (bicyclic) bond motifs is 9. The van der Waals surface area contributed by atoms with Gasteiger partial charge in [0.1, 0.15) is 33.5 Å². The van der Waals surface area contributed by atoms with E-state index in [0.717, 1.165) is 105 Å². The highest BCUT2D eigenvalue weighted by Gasteiger charge is 2.17. The van der Waals surface area contributed by atoms with Crippen LogP contribution in [0.25, 0.3) is 88.1 Å². The molecule has 8 aromatic carbocycles. The van der Waals surface area contributed by atoms with Gasteiger partial charge in [0.15, 0.2) is 0 Å². The van der Waals surface area contributed by atoms with Crippen LogP contribution in [0.15, 0.2) is 189 Å². The standard InChI is InChI=1S/C48H29NO3/c1-4-10-43-37(7-1)40-24-17-32(27-47(40)51-43)30-13-19-34(20-14-30)49(36-23-26-46-42(29-36)39-9-3-6-12-45(39)50-46)35-21-15-31(16-22-35)33-18-25-41-38-8-2-5-11-44(38)52-48(41)28-33/h1-29H. The van der Waals surface area contributed by atoms with Gasteiger partial charge in [0.05, 0.1) is 0 Å². The van der Waals surface area contributed by atoms with Crippen LogP contribution in [-0.4, -0.2) is 0 Å². The normalized spacial score (nSPS) is 11.8. The van der Waals surface area contributed by atoms with Crippen molar-refractivity contribution in [2.75, 3.05) is 4.90 Å². The molecule has 0 aliphatic carbocycles. The van der Waals surface area contributed by atoms with Crippen molar-refractivity contribution in [2.45, 2.75) is 0 Å². The van der Waals surface area contributed by atoms with Crippen LogP contribution >= 0.6 is 0 Å². The molecule has 0 aliphatic heterocycles. The third kappa shape index (κ3) is 4.55. The Kier molecular flexibility index (Phi) is 6.22. The molecule has 0 saturated carbocycles. The van der Waals surface area contributed by atoms with Gasteiger partial charge >= 0.3 is 0 Å². The second-order valence-corrected chi connectivity index (χ2v) is 13.3. The fraction of sp³-hybridized carbons (Fsp3) is 0. The van der Waals surface area contributed by atoms with Crippen LogP contribution in [0.5, 0.6) is 0 Å². The average Bonchev–Trinajstić information content (AvgIpc) is 3.89. The molecule has 244 valence electrons. The SMILES string of the molecule is c1ccc2c(c1)oc1cc(-c3ccc(N(c4ccc(-c5ccc6c(c5)oc5ccccc56)cc4)c4ccc5oc6ccccc6c5c4)cc3)ccc12. The topological polar surface area (TPSA) is 42.7 Å². The van der Waals surface area contributed by atoms with Crippen molar-refractivity contribution in [1.82, 2.24) is 0 Å². The number of nitrogens with zero attached hydrogens (tertiary/aromatic N) is 1. The number of furan rings is 3. The largest absolute Gasteiger partial charge is 0.456 e. The lowest BCUT2D eigenvalue weighted by Gasteiger charge is -2.26.